The van der Waals surface area contributed by atoms with E-state index < -0.39 is 0 Å². The molecule has 1 saturated heterocycles. The van der Waals surface area contributed by atoms with Gasteiger partial charge in [-0.25, -0.2) is 0 Å². The summed E-state index contributed by atoms with van der Waals surface area (Å²) < 4.78 is 0. The lowest BCUT2D eigenvalue weighted by molar-refractivity contribution is 0.225. The highest BCUT2D eigenvalue weighted by Gasteiger charge is 2.25. The van der Waals surface area contributed by atoms with E-state index in [1.807, 2.05) is 0 Å². The minimum absolute atomic E-state index is 0.557. The van der Waals surface area contributed by atoms with Crippen molar-refractivity contribution in [3.05, 3.63) is 0 Å². The van der Waals surface area contributed by atoms with E-state index in [-0.39, 0.29) is 0 Å². The number of thioether (sulfide) groups is 1. The first-order chi connectivity index (χ1) is 4.61. The van der Waals surface area contributed by atoms with Crippen molar-refractivity contribution in [3.63, 3.8) is 0 Å². The second kappa shape index (κ2) is 3.17. The fourth-order valence-corrected chi connectivity index (χ4v) is 2.67. The van der Waals surface area contributed by atoms with Gasteiger partial charge in [0.05, 0.1) is 0 Å². The Morgan fingerprint density at radius 1 is 1.10 bits per heavy atom. The SMILES string of the molecule is CC(C)(C)C1CCSCC1. The van der Waals surface area contributed by atoms with E-state index in [0.29, 0.717) is 5.41 Å². The molecule has 0 saturated carbocycles. The molecule has 0 unspecified atom stereocenters. The van der Waals surface area contributed by atoms with Gasteiger partial charge in [-0.05, 0) is 35.7 Å². The maximum atomic E-state index is 2.37. The van der Waals surface area contributed by atoms with E-state index in [1.54, 1.807) is 0 Å². The summed E-state index contributed by atoms with van der Waals surface area (Å²) in [7, 11) is 0. The van der Waals surface area contributed by atoms with Crippen molar-refractivity contribution in [2.45, 2.75) is 33.6 Å². The molecule has 1 heteroatoms. The second-order valence-corrected chi connectivity index (χ2v) is 5.48. The normalized spacial score (nSPS) is 23.1. The Morgan fingerprint density at radius 2 is 1.60 bits per heavy atom. The number of hydrogen-bond donors (Lipinski definition) is 0. The highest BCUT2D eigenvalue weighted by Crippen LogP contribution is 2.36. The molecule has 1 aliphatic heterocycles. The zero-order valence-corrected chi connectivity index (χ0v) is 8.13. The lowest BCUT2D eigenvalue weighted by atomic mass is 9.77. The largest absolute Gasteiger partial charge is 0.162 e. The van der Waals surface area contributed by atoms with Crippen molar-refractivity contribution >= 4 is 11.8 Å². The van der Waals surface area contributed by atoms with E-state index in [4.69, 9.17) is 0 Å². The third kappa shape index (κ3) is 2.19. The Labute approximate surface area is 68.8 Å². The van der Waals surface area contributed by atoms with Gasteiger partial charge in [0.1, 0.15) is 0 Å². The van der Waals surface area contributed by atoms with Crippen LogP contribution in [0.5, 0.6) is 0 Å². The molecule has 0 radical (unpaired) electrons. The summed E-state index contributed by atoms with van der Waals surface area (Å²) in [6.45, 7) is 7.11. The van der Waals surface area contributed by atoms with Crippen LogP contribution in [0.15, 0.2) is 0 Å². The molecule has 0 bridgehead atoms. The predicted molar refractivity (Wildman–Crippen MR) is 49.5 cm³/mol. The summed E-state index contributed by atoms with van der Waals surface area (Å²) in [5.41, 5.74) is 0.557. The minimum Gasteiger partial charge on any atom is -0.162 e. The average Bonchev–Trinajstić information content (AvgIpc) is 1.88. The third-order valence-corrected chi connectivity index (χ3v) is 3.49. The van der Waals surface area contributed by atoms with Crippen molar-refractivity contribution in [2.24, 2.45) is 11.3 Å². The fourth-order valence-electron chi connectivity index (χ4n) is 1.56. The molecule has 10 heavy (non-hydrogen) atoms. The topological polar surface area (TPSA) is 0 Å². The van der Waals surface area contributed by atoms with Gasteiger partial charge in [-0.1, -0.05) is 20.8 Å². The van der Waals surface area contributed by atoms with Crippen LogP contribution in [0.1, 0.15) is 33.6 Å². The van der Waals surface area contributed by atoms with Crippen LogP contribution in [-0.4, -0.2) is 11.5 Å². The van der Waals surface area contributed by atoms with Crippen molar-refractivity contribution in [1.82, 2.24) is 0 Å². The Bertz CT molecular complexity index is 95.8. The van der Waals surface area contributed by atoms with Crippen LogP contribution in [0, 0.1) is 11.3 Å². The van der Waals surface area contributed by atoms with Crippen LogP contribution in [0.4, 0.5) is 0 Å². The Balaban J connectivity index is 2.39. The molecule has 0 aromatic carbocycles. The molecule has 1 heterocycles. The van der Waals surface area contributed by atoms with Crippen molar-refractivity contribution < 1.29 is 0 Å². The van der Waals surface area contributed by atoms with Crippen LogP contribution in [0.2, 0.25) is 0 Å². The molecule has 0 aromatic heterocycles. The van der Waals surface area contributed by atoms with E-state index in [2.05, 4.69) is 32.5 Å². The van der Waals surface area contributed by atoms with Crippen LogP contribution in [0.25, 0.3) is 0 Å². The Hall–Kier alpha value is 0.350. The van der Waals surface area contributed by atoms with E-state index >= 15 is 0 Å². The van der Waals surface area contributed by atoms with Gasteiger partial charge in [0.25, 0.3) is 0 Å². The van der Waals surface area contributed by atoms with Crippen molar-refractivity contribution in [3.8, 4) is 0 Å². The molecule has 1 rings (SSSR count). The highest BCUT2D eigenvalue weighted by atomic mass is 32.2. The first-order valence-electron chi connectivity index (χ1n) is 4.18. The molecule has 0 aromatic rings. The molecular weight excluding hydrogens is 140 g/mol. The molecule has 0 nitrogen and oxygen atoms in total. The van der Waals surface area contributed by atoms with Crippen LogP contribution < -0.4 is 0 Å². The zero-order chi connectivity index (χ0) is 7.61. The quantitative estimate of drug-likeness (QED) is 0.522. The minimum atomic E-state index is 0.557. The maximum Gasteiger partial charge on any atom is -0.00647 e. The summed E-state index contributed by atoms with van der Waals surface area (Å²) in [6, 6.07) is 0. The van der Waals surface area contributed by atoms with E-state index in [0.717, 1.165) is 5.92 Å². The molecule has 1 fully saturated rings. The fraction of sp³-hybridized carbons (Fsp3) is 1.00. The van der Waals surface area contributed by atoms with Crippen LogP contribution in [-0.2, 0) is 0 Å². The third-order valence-electron chi connectivity index (χ3n) is 2.45. The predicted octanol–water partition coefficient (Wildman–Crippen LogP) is 3.18. The zero-order valence-electron chi connectivity index (χ0n) is 7.31. The van der Waals surface area contributed by atoms with Gasteiger partial charge < -0.3 is 0 Å². The monoisotopic (exact) mass is 158 g/mol. The summed E-state index contributed by atoms with van der Waals surface area (Å²) in [5.74, 6) is 3.76. The van der Waals surface area contributed by atoms with E-state index in [1.165, 1.54) is 24.3 Å². The molecule has 0 aliphatic carbocycles. The lowest BCUT2D eigenvalue weighted by Gasteiger charge is -2.33. The maximum absolute atomic E-state index is 2.37. The number of hydrogen-bond acceptors (Lipinski definition) is 1. The standard InChI is InChI=1S/C9H18S/c1-9(2,3)8-4-6-10-7-5-8/h8H,4-7H2,1-3H3. The summed E-state index contributed by atoms with van der Waals surface area (Å²) in [5, 5.41) is 0. The molecule has 0 amide bonds. The van der Waals surface area contributed by atoms with Gasteiger partial charge in [0, 0.05) is 0 Å². The molecule has 0 N–H and O–H groups in total. The van der Waals surface area contributed by atoms with Gasteiger partial charge in [0.2, 0.25) is 0 Å². The van der Waals surface area contributed by atoms with Crippen molar-refractivity contribution in [2.75, 3.05) is 11.5 Å². The van der Waals surface area contributed by atoms with E-state index in [9.17, 15) is 0 Å². The summed E-state index contributed by atoms with van der Waals surface area (Å²) in [4.78, 5) is 0. The van der Waals surface area contributed by atoms with Crippen LogP contribution >= 0.6 is 11.8 Å². The lowest BCUT2D eigenvalue weighted by Crippen LogP contribution is -2.24. The van der Waals surface area contributed by atoms with Gasteiger partial charge in [-0.15, -0.1) is 0 Å². The Kier molecular flexibility index (Phi) is 2.67. The molecule has 0 spiro atoms. The summed E-state index contributed by atoms with van der Waals surface area (Å²) in [6.07, 6.45) is 2.88. The molecule has 1 aliphatic rings. The molecular formula is C9H18S. The summed E-state index contributed by atoms with van der Waals surface area (Å²) >= 11 is 2.11. The number of rotatable bonds is 0. The van der Waals surface area contributed by atoms with Crippen LogP contribution in [0.3, 0.4) is 0 Å². The average molecular weight is 158 g/mol. The van der Waals surface area contributed by atoms with Crippen molar-refractivity contribution in [1.29, 1.82) is 0 Å². The molecule has 60 valence electrons. The van der Waals surface area contributed by atoms with Gasteiger partial charge in [0.15, 0.2) is 0 Å². The second-order valence-electron chi connectivity index (χ2n) is 4.25. The first-order valence-corrected chi connectivity index (χ1v) is 5.34. The first kappa shape index (κ1) is 8.45. The smallest absolute Gasteiger partial charge is 0.00647 e. The highest BCUT2D eigenvalue weighted by molar-refractivity contribution is 7.99. The van der Waals surface area contributed by atoms with Gasteiger partial charge in [-0.2, -0.15) is 11.8 Å². The van der Waals surface area contributed by atoms with Gasteiger partial charge in [-0.3, -0.25) is 0 Å². The molecule has 0 atom stereocenters. The Morgan fingerprint density at radius 3 is 1.90 bits per heavy atom. The van der Waals surface area contributed by atoms with Gasteiger partial charge >= 0.3 is 0 Å².